The molecule has 0 bridgehead atoms. The first-order chi connectivity index (χ1) is 15.6. The summed E-state index contributed by atoms with van der Waals surface area (Å²) in [7, 11) is 1.72. The number of hydrogen-bond donors (Lipinski definition) is 2. The summed E-state index contributed by atoms with van der Waals surface area (Å²) >= 11 is 0. The summed E-state index contributed by atoms with van der Waals surface area (Å²) in [6, 6.07) is 12.4. The molecule has 1 aromatic heterocycles. The number of aromatic amines is 1. The number of nitrogens with zero attached hydrogens (tertiary/aromatic N) is 3. The molecule has 1 aliphatic heterocycles. The number of methoxy groups -OCH3 is 1. The standard InChI is InChI=1S/C26H31N5O/c1-5-6-7-23(31-16-19-8-10-24(32-4)13-21(19)17-31)14-26(28-18(2)3)29-22-9-11-25-20(12-22)15-27-30-25/h8-15H,2,5-7,16-17H2,1,3-4H3,(H,27,30)(H,28,29)/b23-14+. The van der Waals surface area contributed by atoms with Crippen LogP contribution < -0.4 is 10.1 Å². The molecule has 0 spiro atoms. The lowest BCUT2D eigenvalue weighted by Gasteiger charge is -2.22. The van der Waals surface area contributed by atoms with E-state index in [1.807, 2.05) is 37.4 Å². The fourth-order valence-electron chi connectivity index (χ4n) is 3.99. The van der Waals surface area contributed by atoms with Gasteiger partial charge in [0.25, 0.3) is 0 Å². The second-order valence-corrected chi connectivity index (χ2v) is 8.27. The number of H-pyrrole nitrogens is 1. The Morgan fingerprint density at radius 1 is 1.25 bits per heavy atom. The van der Waals surface area contributed by atoms with Gasteiger partial charge in [-0.2, -0.15) is 5.10 Å². The van der Waals surface area contributed by atoms with Crippen molar-refractivity contribution in [1.29, 1.82) is 0 Å². The first kappa shape index (κ1) is 21.7. The molecule has 0 unspecified atom stereocenters. The number of nitrogens with one attached hydrogen (secondary N) is 2. The monoisotopic (exact) mass is 429 g/mol. The quantitative estimate of drug-likeness (QED) is 0.350. The molecule has 0 amide bonds. The van der Waals surface area contributed by atoms with Gasteiger partial charge in [0, 0.05) is 29.9 Å². The SMILES string of the molecule is C=C(C)NC(/C=C(\CCCC)N1Cc2ccc(OC)cc2C1)=Nc1ccc2[nH]ncc2c1. The summed E-state index contributed by atoms with van der Waals surface area (Å²) in [6.45, 7) is 9.99. The van der Waals surface area contributed by atoms with Crippen LogP contribution in [0.5, 0.6) is 5.75 Å². The maximum atomic E-state index is 5.42. The number of fused-ring (bicyclic) bond motifs is 2. The van der Waals surface area contributed by atoms with Crippen LogP contribution in [0.3, 0.4) is 0 Å². The van der Waals surface area contributed by atoms with Gasteiger partial charge < -0.3 is 15.0 Å². The highest BCUT2D eigenvalue weighted by atomic mass is 16.5. The van der Waals surface area contributed by atoms with E-state index in [1.54, 1.807) is 7.11 Å². The fraction of sp³-hybridized carbons (Fsp3) is 0.308. The summed E-state index contributed by atoms with van der Waals surface area (Å²) in [5.74, 6) is 1.70. The topological polar surface area (TPSA) is 65.5 Å². The molecular formula is C26H31N5O. The van der Waals surface area contributed by atoms with E-state index in [0.29, 0.717) is 0 Å². The number of hydrogen-bond acceptors (Lipinski definition) is 4. The van der Waals surface area contributed by atoms with Gasteiger partial charge in [0.1, 0.15) is 11.6 Å². The van der Waals surface area contributed by atoms with Crippen molar-refractivity contribution in [3.05, 3.63) is 77.8 Å². The second-order valence-electron chi connectivity index (χ2n) is 8.27. The Hall–Kier alpha value is -3.54. The zero-order valence-electron chi connectivity index (χ0n) is 19.1. The van der Waals surface area contributed by atoms with Crippen molar-refractivity contribution in [2.75, 3.05) is 7.11 Å². The number of rotatable bonds is 8. The number of ether oxygens (including phenoxy) is 1. The van der Waals surface area contributed by atoms with E-state index in [4.69, 9.17) is 9.73 Å². The highest BCUT2D eigenvalue weighted by molar-refractivity contribution is 5.97. The van der Waals surface area contributed by atoms with Gasteiger partial charge in [-0.3, -0.25) is 5.10 Å². The van der Waals surface area contributed by atoms with Gasteiger partial charge >= 0.3 is 0 Å². The van der Waals surface area contributed by atoms with Crippen molar-refractivity contribution in [2.24, 2.45) is 4.99 Å². The molecule has 166 valence electrons. The number of amidine groups is 1. The Labute approximate surface area is 189 Å². The lowest BCUT2D eigenvalue weighted by atomic mass is 10.1. The molecule has 6 nitrogen and oxygen atoms in total. The highest BCUT2D eigenvalue weighted by Crippen LogP contribution is 2.31. The van der Waals surface area contributed by atoms with E-state index < -0.39 is 0 Å². The lowest BCUT2D eigenvalue weighted by Crippen LogP contribution is -2.23. The van der Waals surface area contributed by atoms with Crippen LogP contribution >= 0.6 is 0 Å². The lowest BCUT2D eigenvalue weighted by molar-refractivity contribution is 0.346. The Balaban J connectivity index is 1.66. The third-order valence-electron chi connectivity index (χ3n) is 5.65. The summed E-state index contributed by atoms with van der Waals surface area (Å²) < 4.78 is 5.42. The molecule has 32 heavy (non-hydrogen) atoms. The van der Waals surface area contributed by atoms with E-state index in [-0.39, 0.29) is 0 Å². The van der Waals surface area contributed by atoms with Crippen LogP contribution in [0.2, 0.25) is 0 Å². The average Bonchev–Trinajstić information content (AvgIpc) is 3.41. The maximum absolute atomic E-state index is 5.42. The van der Waals surface area contributed by atoms with Gasteiger partial charge in [0.2, 0.25) is 0 Å². The molecule has 2 heterocycles. The van der Waals surface area contributed by atoms with Crippen LogP contribution in [0, 0.1) is 0 Å². The predicted molar refractivity (Wildman–Crippen MR) is 131 cm³/mol. The molecule has 0 radical (unpaired) electrons. The third-order valence-corrected chi connectivity index (χ3v) is 5.65. The van der Waals surface area contributed by atoms with Crippen LogP contribution in [0.15, 0.2) is 71.6 Å². The molecule has 4 rings (SSSR count). The maximum Gasteiger partial charge on any atom is 0.132 e. The minimum absolute atomic E-state index is 0.792. The number of allylic oxidation sites excluding steroid dienone is 2. The van der Waals surface area contributed by atoms with Crippen LogP contribution in [-0.4, -0.2) is 28.0 Å². The van der Waals surface area contributed by atoms with Crippen molar-refractivity contribution < 1.29 is 4.74 Å². The van der Waals surface area contributed by atoms with Crippen molar-refractivity contribution >= 4 is 22.4 Å². The Kier molecular flexibility index (Phi) is 6.59. The Morgan fingerprint density at radius 3 is 2.88 bits per heavy atom. The molecule has 0 fully saturated rings. The fourth-order valence-corrected chi connectivity index (χ4v) is 3.99. The minimum atomic E-state index is 0.792. The molecule has 0 aliphatic carbocycles. The van der Waals surface area contributed by atoms with E-state index in [9.17, 15) is 0 Å². The van der Waals surface area contributed by atoms with Gasteiger partial charge in [0.15, 0.2) is 0 Å². The summed E-state index contributed by atoms with van der Waals surface area (Å²) in [6.07, 6.45) is 7.26. The summed E-state index contributed by atoms with van der Waals surface area (Å²) in [4.78, 5) is 7.34. The Bertz CT molecular complexity index is 1170. The van der Waals surface area contributed by atoms with Crippen LogP contribution in [-0.2, 0) is 13.1 Å². The van der Waals surface area contributed by atoms with E-state index in [0.717, 1.165) is 66.2 Å². The normalized spacial score (nSPS) is 14.0. The van der Waals surface area contributed by atoms with E-state index in [2.05, 4.69) is 52.1 Å². The van der Waals surface area contributed by atoms with Crippen LogP contribution in [0.25, 0.3) is 10.9 Å². The highest BCUT2D eigenvalue weighted by Gasteiger charge is 2.21. The first-order valence-electron chi connectivity index (χ1n) is 11.1. The van der Waals surface area contributed by atoms with Crippen molar-refractivity contribution in [2.45, 2.75) is 46.2 Å². The molecule has 0 saturated carbocycles. The van der Waals surface area contributed by atoms with Gasteiger partial charge in [-0.15, -0.1) is 0 Å². The van der Waals surface area contributed by atoms with Gasteiger partial charge in [-0.1, -0.05) is 26.0 Å². The molecule has 2 aromatic carbocycles. The summed E-state index contributed by atoms with van der Waals surface area (Å²) in [5.41, 5.74) is 6.69. The number of benzene rings is 2. The predicted octanol–water partition coefficient (Wildman–Crippen LogP) is 5.81. The molecule has 0 saturated heterocycles. The zero-order valence-corrected chi connectivity index (χ0v) is 19.1. The number of aromatic nitrogens is 2. The molecule has 3 aromatic rings. The molecule has 0 atom stereocenters. The minimum Gasteiger partial charge on any atom is -0.497 e. The molecule has 2 N–H and O–H groups in total. The van der Waals surface area contributed by atoms with Crippen LogP contribution in [0.4, 0.5) is 5.69 Å². The zero-order chi connectivity index (χ0) is 22.5. The van der Waals surface area contributed by atoms with Gasteiger partial charge in [-0.25, -0.2) is 4.99 Å². The van der Waals surface area contributed by atoms with E-state index in [1.165, 1.54) is 16.8 Å². The van der Waals surface area contributed by atoms with Crippen LogP contribution in [0.1, 0.15) is 44.2 Å². The summed E-state index contributed by atoms with van der Waals surface area (Å²) in [5, 5.41) is 11.5. The average molecular weight is 430 g/mol. The Morgan fingerprint density at radius 2 is 2.09 bits per heavy atom. The van der Waals surface area contributed by atoms with E-state index >= 15 is 0 Å². The van der Waals surface area contributed by atoms with Crippen molar-refractivity contribution in [3.63, 3.8) is 0 Å². The number of aliphatic imine (C=N–C) groups is 1. The number of unbranched alkanes of at least 4 members (excludes halogenated alkanes) is 1. The third kappa shape index (κ3) is 5.02. The second kappa shape index (κ2) is 9.73. The van der Waals surface area contributed by atoms with Crippen molar-refractivity contribution in [3.8, 4) is 5.75 Å². The smallest absolute Gasteiger partial charge is 0.132 e. The first-order valence-corrected chi connectivity index (χ1v) is 11.1. The van der Waals surface area contributed by atoms with Gasteiger partial charge in [-0.05, 0) is 67.3 Å². The van der Waals surface area contributed by atoms with Gasteiger partial charge in [0.05, 0.1) is 24.5 Å². The molecule has 1 aliphatic rings. The molecule has 6 heteroatoms. The largest absolute Gasteiger partial charge is 0.497 e. The molecular weight excluding hydrogens is 398 g/mol. The van der Waals surface area contributed by atoms with Crippen molar-refractivity contribution in [1.82, 2.24) is 20.4 Å².